The van der Waals surface area contributed by atoms with Gasteiger partial charge >= 0.3 is 0 Å². The smallest absolute Gasteiger partial charge is 0.137 e. The Kier molecular flexibility index (Phi) is 5.46. The molecule has 0 bridgehead atoms. The lowest BCUT2D eigenvalue weighted by Gasteiger charge is -2.40. The number of nitriles is 1. The second-order valence-corrected chi connectivity index (χ2v) is 5.91. The largest absolute Gasteiger partial charge is 0.492 e. The van der Waals surface area contributed by atoms with Gasteiger partial charge in [0.15, 0.2) is 0 Å². The van der Waals surface area contributed by atoms with E-state index in [1.165, 1.54) is 0 Å². The molecule has 1 aliphatic heterocycles. The monoisotopic (exact) mass is 307 g/mol. The molecule has 1 aliphatic rings. The van der Waals surface area contributed by atoms with Crippen LogP contribution in [0, 0.1) is 11.3 Å². The van der Waals surface area contributed by atoms with Gasteiger partial charge in [-0.2, -0.15) is 5.26 Å². The maximum Gasteiger partial charge on any atom is 0.137 e. The molecule has 1 aromatic rings. The molecular formula is C16H22ClN3O. The molecule has 0 spiro atoms. The van der Waals surface area contributed by atoms with Gasteiger partial charge in [-0.25, -0.2) is 0 Å². The number of rotatable bonds is 4. The molecule has 1 heterocycles. The van der Waals surface area contributed by atoms with Crippen LogP contribution in [0.5, 0.6) is 5.75 Å². The molecule has 2 atom stereocenters. The molecular weight excluding hydrogens is 286 g/mol. The van der Waals surface area contributed by atoms with E-state index in [1.54, 1.807) is 0 Å². The third-order valence-corrected chi connectivity index (χ3v) is 4.20. The van der Waals surface area contributed by atoms with Crippen LogP contribution in [0.1, 0.15) is 25.5 Å². The molecule has 0 aliphatic carbocycles. The fourth-order valence-electron chi connectivity index (χ4n) is 2.84. The van der Waals surface area contributed by atoms with Gasteiger partial charge in [0.05, 0.1) is 17.7 Å². The summed E-state index contributed by atoms with van der Waals surface area (Å²) >= 11 is 6.25. The third-order valence-electron chi connectivity index (χ3n) is 3.91. The Hall–Kier alpha value is -1.28. The summed E-state index contributed by atoms with van der Waals surface area (Å²) in [6.45, 7) is 7.51. The van der Waals surface area contributed by atoms with E-state index < -0.39 is 0 Å². The SMILES string of the molecule is CCOc1ccc(C(C#N)N2CCN(C)CC2C)cc1Cl. The Morgan fingerprint density at radius 3 is 2.81 bits per heavy atom. The number of benzene rings is 1. The Balaban J connectivity index is 2.22. The van der Waals surface area contributed by atoms with E-state index in [-0.39, 0.29) is 6.04 Å². The minimum Gasteiger partial charge on any atom is -0.492 e. The standard InChI is InChI=1S/C16H22ClN3O/c1-4-21-16-6-5-13(9-14(16)17)15(10-18)20-8-7-19(3)11-12(20)2/h5-6,9,12,15H,4,7-8,11H2,1-3H3. The van der Waals surface area contributed by atoms with Crippen molar-refractivity contribution in [1.82, 2.24) is 9.80 Å². The van der Waals surface area contributed by atoms with Crippen LogP contribution in [0.3, 0.4) is 0 Å². The van der Waals surface area contributed by atoms with Crippen LogP contribution in [0.25, 0.3) is 0 Å². The predicted octanol–water partition coefficient (Wildman–Crippen LogP) is 2.94. The van der Waals surface area contributed by atoms with Crippen molar-refractivity contribution >= 4 is 11.6 Å². The number of ether oxygens (including phenoxy) is 1. The average Bonchev–Trinajstić information content (AvgIpc) is 2.45. The minimum absolute atomic E-state index is 0.262. The number of likely N-dealkylation sites (N-methyl/N-ethyl adjacent to an activating group) is 1. The van der Waals surface area contributed by atoms with Crippen molar-refractivity contribution in [2.45, 2.75) is 25.9 Å². The molecule has 2 rings (SSSR count). The Morgan fingerprint density at radius 2 is 2.24 bits per heavy atom. The summed E-state index contributed by atoms with van der Waals surface area (Å²) in [6, 6.07) is 8.15. The zero-order valence-electron chi connectivity index (χ0n) is 12.8. The van der Waals surface area contributed by atoms with E-state index >= 15 is 0 Å². The molecule has 0 aromatic heterocycles. The molecule has 21 heavy (non-hydrogen) atoms. The second-order valence-electron chi connectivity index (χ2n) is 5.50. The van der Waals surface area contributed by atoms with Gasteiger partial charge in [-0.3, -0.25) is 4.90 Å². The molecule has 0 amide bonds. The van der Waals surface area contributed by atoms with Gasteiger partial charge in [-0.05, 0) is 38.6 Å². The lowest BCUT2D eigenvalue weighted by molar-refractivity contribution is 0.0797. The number of hydrogen-bond acceptors (Lipinski definition) is 4. The van der Waals surface area contributed by atoms with Crippen LogP contribution < -0.4 is 4.74 Å². The number of hydrogen-bond donors (Lipinski definition) is 0. The molecule has 0 radical (unpaired) electrons. The fraction of sp³-hybridized carbons (Fsp3) is 0.562. The summed E-state index contributed by atoms with van der Waals surface area (Å²) in [5, 5.41) is 10.2. The first kappa shape index (κ1) is 16.1. The Morgan fingerprint density at radius 1 is 1.48 bits per heavy atom. The topological polar surface area (TPSA) is 39.5 Å². The van der Waals surface area contributed by atoms with Gasteiger partial charge in [-0.1, -0.05) is 17.7 Å². The van der Waals surface area contributed by atoms with Crippen LogP contribution in [0.15, 0.2) is 18.2 Å². The minimum atomic E-state index is -0.262. The van der Waals surface area contributed by atoms with Crippen LogP contribution in [-0.4, -0.2) is 49.1 Å². The van der Waals surface area contributed by atoms with E-state index in [4.69, 9.17) is 16.3 Å². The fourth-order valence-corrected chi connectivity index (χ4v) is 3.08. The lowest BCUT2D eigenvalue weighted by atomic mass is 10.0. The van der Waals surface area contributed by atoms with Crippen molar-refractivity contribution in [1.29, 1.82) is 5.26 Å². The molecule has 5 heteroatoms. The molecule has 0 N–H and O–H groups in total. The van der Waals surface area contributed by atoms with Gasteiger partial charge in [0.2, 0.25) is 0 Å². The quantitative estimate of drug-likeness (QED) is 0.857. The van der Waals surface area contributed by atoms with Crippen LogP contribution in [-0.2, 0) is 0 Å². The van der Waals surface area contributed by atoms with Gasteiger partial charge in [-0.15, -0.1) is 0 Å². The van der Waals surface area contributed by atoms with Crippen molar-refractivity contribution in [3.8, 4) is 11.8 Å². The van der Waals surface area contributed by atoms with Crippen molar-refractivity contribution in [2.24, 2.45) is 0 Å². The lowest BCUT2D eigenvalue weighted by Crippen LogP contribution is -2.51. The number of halogens is 1. The highest BCUT2D eigenvalue weighted by molar-refractivity contribution is 6.32. The Bertz CT molecular complexity index is 529. The van der Waals surface area contributed by atoms with Crippen molar-refractivity contribution in [3.63, 3.8) is 0 Å². The first-order chi connectivity index (χ1) is 10.1. The molecule has 2 unspecified atom stereocenters. The predicted molar refractivity (Wildman–Crippen MR) is 84.6 cm³/mol. The van der Waals surface area contributed by atoms with Gasteiger partial charge in [0, 0.05) is 25.7 Å². The molecule has 1 aromatic carbocycles. The Labute approximate surface area is 131 Å². The van der Waals surface area contributed by atoms with E-state index in [0.717, 1.165) is 25.2 Å². The van der Waals surface area contributed by atoms with Crippen molar-refractivity contribution in [3.05, 3.63) is 28.8 Å². The summed E-state index contributed by atoms with van der Waals surface area (Å²) in [5.74, 6) is 0.672. The summed E-state index contributed by atoms with van der Waals surface area (Å²) in [5.41, 5.74) is 0.933. The van der Waals surface area contributed by atoms with Crippen LogP contribution in [0.4, 0.5) is 0 Å². The van der Waals surface area contributed by atoms with Gasteiger partial charge < -0.3 is 9.64 Å². The molecule has 1 fully saturated rings. The maximum atomic E-state index is 9.60. The highest BCUT2D eigenvalue weighted by atomic mass is 35.5. The number of piperazine rings is 1. The van der Waals surface area contributed by atoms with E-state index in [1.807, 2.05) is 25.1 Å². The summed E-state index contributed by atoms with van der Waals surface area (Å²) in [7, 11) is 2.11. The van der Waals surface area contributed by atoms with E-state index in [2.05, 4.69) is 29.8 Å². The zero-order chi connectivity index (χ0) is 15.4. The molecule has 114 valence electrons. The molecule has 4 nitrogen and oxygen atoms in total. The maximum absolute atomic E-state index is 9.60. The molecule has 1 saturated heterocycles. The zero-order valence-corrected chi connectivity index (χ0v) is 13.6. The van der Waals surface area contributed by atoms with Crippen LogP contribution >= 0.6 is 11.6 Å². The highest BCUT2D eigenvalue weighted by Crippen LogP contribution is 2.31. The summed E-state index contributed by atoms with van der Waals surface area (Å²) in [4.78, 5) is 4.53. The third kappa shape index (κ3) is 3.68. The second kappa shape index (κ2) is 7.13. The molecule has 0 saturated carbocycles. The van der Waals surface area contributed by atoms with Gasteiger partial charge in [0.25, 0.3) is 0 Å². The van der Waals surface area contributed by atoms with E-state index in [0.29, 0.717) is 23.4 Å². The summed E-state index contributed by atoms with van der Waals surface area (Å²) < 4.78 is 5.45. The summed E-state index contributed by atoms with van der Waals surface area (Å²) in [6.07, 6.45) is 0. The first-order valence-electron chi connectivity index (χ1n) is 7.33. The number of nitrogens with zero attached hydrogens (tertiary/aromatic N) is 3. The first-order valence-corrected chi connectivity index (χ1v) is 7.70. The highest BCUT2D eigenvalue weighted by Gasteiger charge is 2.29. The average molecular weight is 308 g/mol. The van der Waals surface area contributed by atoms with E-state index in [9.17, 15) is 5.26 Å². The van der Waals surface area contributed by atoms with Crippen molar-refractivity contribution in [2.75, 3.05) is 33.3 Å². The normalized spacial score (nSPS) is 21.8. The van der Waals surface area contributed by atoms with Gasteiger partial charge in [0.1, 0.15) is 11.8 Å². The van der Waals surface area contributed by atoms with Crippen molar-refractivity contribution < 1.29 is 4.74 Å². The van der Waals surface area contributed by atoms with Crippen LogP contribution in [0.2, 0.25) is 5.02 Å².